The number of amides is 1. The standard InChI is InChI=1S/C73H143NO5/c1-3-5-7-9-11-13-15-17-19-37-41-45-49-53-57-61-65-71(76)70(69-75)74-72(77)66-62-58-54-50-46-42-38-35-33-31-29-27-25-23-21-22-24-26-28-30-32-34-36-40-44-48-52-56-60-64-68-79-73(78)67-63-59-55-51-47-43-39-20-18-16-14-12-10-8-6-4-2/h61,65,70-71,75-76H,3-60,62-64,66-69H2,1-2H3,(H,74,77)/b65-61+. The van der Waals surface area contributed by atoms with E-state index >= 15 is 0 Å². The van der Waals surface area contributed by atoms with E-state index in [1.807, 2.05) is 6.08 Å². The Morgan fingerprint density at radius 3 is 0.861 bits per heavy atom. The Labute approximate surface area is 495 Å². The summed E-state index contributed by atoms with van der Waals surface area (Å²) in [4.78, 5) is 24.6. The zero-order valence-corrected chi connectivity index (χ0v) is 53.9. The summed E-state index contributed by atoms with van der Waals surface area (Å²) < 4.78 is 5.51. The number of esters is 1. The van der Waals surface area contributed by atoms with Crippen LogP contribution in [0.5, 0.6) is 0 Å². The number of unbranched alkanes of at least 4 members (excludes halogenated alkanes) is 58. The van der Waals surface area contributed by atoms with Crippen LogP contribution in [0.1, 0.15) is 418 Å². The molecule has 0 aromatic rings. The summed E-state index contributed by atoms with van der Waals surface area (Å²) in [6, 6.07) is -0.624. The second-order valence-electron chi connectivity index (χ2n) is 25.3. The number of carbonyl (C=O) groups excluding carboxylic acids is 2. The summed E-state index contributed by atoms with van der Waals surface area (Å²) >= 11 is 0. The van der Waals surface area contributed by atoms with Gasteiger partial charge in [-0.25, -0.2) is 0 Å². The number of hydrogen-bond acceptors (Lipinski definition) is 5. The minimum atomic E-state index is -0.841. The van der Waals surface area contributed by atoms with Crippen molar-refractivity contribution in [2.24, 2.45) is 0 Å². The number of nitrogens with one attached hydrogen (secondary N) is 1. The lowest BCUT2D eigenvalue weighted by molar-refractivity contribution is -0.143. The molecule has 1 amide bonds. The van der Waals surface area contributed by atoms with Crippen molar-refractivity contribution in [3.8, 4) is 0 Å². The summed E-state index contributed by atoms with van der Waals surface area (Å²) in [7, 11) is 0. The Balaban J connectivity index is 3.33. The number of carbonyl (C=O) groups is 2. The molecule has 0 bridgehead atoms. The van der Waals surface area contributed by atoms with Crippen LogP contribution in [-0.2, 0) is 14.3 Å². The zero-order chi connectivity index (χ0) is 57.1. The van der Waals surface area contributed by atoms with Gasteiger partial charge in [0.2, 0.25) is 5.91 Å². The first-order chi connectivity index (χ1) is 39.0. The number of aliphatic hydroxyl groups excluding tert-OH is 2. The molecule has 0 aliphatic rings. The van der Waals surface area contributed by atoms with E-state index in [2.05, 4.69) is 19.2 Å². The van der Waals surface area contributed by atoms with E-state index in [9.17, 15) is 19.8 Å². The monoisotopic (exact) mass is 1110 g/mol. The summed E-state index contributed by atoms with van der Waals surface area (Å²) in [6.45, 7) is 4.95. The quantitative estimate of drug-likeness (QED) is 0.0320. The maximum absolute atomic E-state index is 12.5. The Kier molecular flexibility index (Phi) is 67.9. The first-order valence-corrected chi connectivity index (χ1v) is 36.5. The predicted octanol–water partition coefficient (Wildman–Crippen LogP) is 23.5. The molecule has 3 N–H and O–H groups in total. The fourth-order valence-corrected chi connectivity index (χ4v) is 11.8. The van der Waals surface area contributed by atoms with Crippen molar-refractivity contribution in [2.75, 3.05) is 13.2 Å². The van der Waals surface area contributed by atoms with E-state index in [1.54, 1.807) is 6.08 Å². The average molecular weight is 1110 g/mol. The maximum Gasteiger partial charge on any atom is 0.305 e. The third kappa shape index (κ3) is 65.6. The third-order valence-electron chi connectivity index (χ3n) is 17.3. The number of aliphatic hydroxyl groups is 2. The molecule has 0 radical (unpaired) electrons. The Bertz CT molecular complexity index is 1190. The molecule has 6 nitrogen and oxygen atoms in total. The minimum absolute atomic E-state index is 0.0243. The van der Waals surface area contributed by atoms with Gasteiger partial charge in [-0.15, -0.1) is 0 Å². The molecule has 0 fully saturated rings. The van der Waals surface area contributed by atoms with Crippen molar-refractivity contribution >= 4 is 11.9 Å². The molecule has 0 spiro atoms. The first kappa shape index (κ1) is 77.6. The summed E-state index contributed by atoms with van der Waals surface area (Å²) in [5, 5.41) is 23.2. The molecular formula is C73H143NO5. The lowest BCUT2D eigenvalue weighted by atomic mass is 10.0. The fourth-order valence-electron chi connectivity index (χ4n) is 11.8. The molecule has 79 heavy (non-hydrogen) atoms. The normalized spacial score (nSPS) is 12.5. The Morgan fingerprint density at radius 2 is 0.582 bits per heavy atom. The van der Waals surface area contributed by atoms with Crippen LogP contribution in [-0.4, -0.2) is 47.4 Å². The van der Waals surface area contributed by atoms with Gasteiger partial charge in [-0.3, -0.25) is 9.59 Å². The SMILES string of the molecule is CCCCCCCCCCCCCCCC/C=C/C(O)C(CO)NC(=O)CCCCCCCCCCCCCCCCCCCCCCCCCCCCCCCCOC(=O)CCCCCCCCCCCCCCCCCC. The van der Waals surface area contributed by atoms with Gasteiger partial charge < -0.3 is 20.3 Å². The second-order valence-corrected chi connectivity index (χ2v) is 25.3. The van der Waals surface area contributed by atoms with Crippen LogP contribution >= 0.6 is 0 Å². The zero-order valence-electron chi connectivity index (χ0n) is 53.9. The lowest BCUT2D eigenvalue weighted by Gasteiger charge is -2.20. The summed E-state index contributed by atoms with van der Waals surface area (Å²) in [5.74, 6) is -0.0363. The minimum Gasteiger partial charge on any atom is -0.466 e. The van der Waals surface area contributed by atoms with Crippen molar-refractivity contribution in [1.29, 1.82) is 0 Å². The van der Waals surface area contributed by atoms with E-state index in [4.69, 9.17) is 4.74 Å². The molecule has 0 heterocycles. The van der Waals surface area contributed by atoms with Crippen LogP contribution in [0.2, 0.25) is 0 Å². The van der Waals surface area contributed by atoms with Crippen molar-refractivity contribution in [2.45, 2.75) is 431 Å². The molecule has 2 atom stereocenters. The molecule has 0 saturated heterocycles. The van der Waals surface area contributed by atoms with Crippen molar-refractivity contribution in [1.82, 2.24) is 5.32 Å². The fraction of sp³-hybridized carbons (Fsp3) is 0.945. The average Bonchev–Trinajstić information content (AvgIpc) is 3.45. The van der Waals surface area contributed by atoms with Gasteiger partial charge >= 0.3 is 5.97 Å². The van der Waals surface area contributed by atoms with Crippen molar-refractivity contribution in [3.63, 3.8) is 0 Å². The molecule has 0 aliphatic carbocycles. The summed E-state index contributed by atoms with van der Waals surface area (Å²) in [6.07, 6.45) is 85.9. The summed E-state index contributed by atoms with van der Waals surface area (Å²) in [5.41, 5.74) is 0. The highest BCUT2D eigenvalue weighted by Crippen LogP contribution is 2.19. The van der Waals surface area contributed by atoms with Gasteiger partial charge in [0.25, 0.3) is 0 Å². The molecule has 0 rings (SSSR count). The predicted molar refractivity (Wildman–Crippen MR) is 347 cm³/mol. The van der Waals surface area contributed by atoms with Gasteiger partial charge in [0.15, 0.2) is 0 Å². The highest BCUT2D eigenvalue weighted by Gasteiger charge is 2.18. The van der Waals surface area contributed by atoms with Crippen LogP contribution in [0.25, 0.3) is 0 Å². The van der Waals surface area contributed by atoms with E-state index < -0.39 is 12.1 Å². The van der Waals surface area contributed by atoms with Gasteiger partial charge in [-0.05, 0) is 32.1 Å². The molecular weight excluding hydrogens is 971 g/mol. The molecule has 0 aromatic carbocycles. The molecule has 0 aromatic heterocycles. The molecule has 0 saturated carbocycles. The van der Waals surface area contributed by atoms with E-state index in [0.717, 1.165) is 38.5 Å². The van der Waals surface area contributed by atoms with E-state index in [0.29, 0.717) is 19.4 Å². The number of rotatable bonds is 69. The molecule has 470 valence electrons. The van der Waals surface area contributed by atoms with Crippen LogP contribution in [0, 0.1) is 0 Å². The Hall–Kier alpha value is -1.40. The lowest BCUT2D eigenvalue weighted by Crippen LogP contribution is -2.45. The van der Waals surface area contributed by atoms with Crippen LogP contribution < -0.4 is 5.32 Å². The first-order valence-electron chi connectivity index (χ1n) is 36.5. The van der Waals surface area contributed by atoms with Gasteiger partial charge in [-0.2, -0.15) is 0 Å². The van der Waals surface area contributed by atoms with Gasteiger partial charge in [-0.1, -0.05) is 386 Å². The smallest absolute Gasteiger partial charge is 0.305 e. The van der Waals surface area contributed by atoms with Crippen molar-refractivity contribution < 1.29 is 24.5 Å². The van der Waals surface area contributed by atoms with Crippen LogP contribution in [0.4, 0.5) is 0 Å². The Morgan fingerprint density at radius 1 is 0.342 bits per heavy atom. The van der Waals surface area contributed by atoms with Crippen LogP contribution in [0.15, 0.2) is 12.2 Å². The van der Waals surface area contributed by atoms with Crippen LogP contribution in [0.3, 0.4) is 0 Å². The highest BCUT2D eigenvalue weighted by atomic mass is 16.5. The maximum atomic E-state index is 12.5. The molecule has 2 unspecified atom stereocenters. The topological polar surface area (TPSA) is 95.9 Å². The number of ether oxygens (including phenoxy) is 1. The second kappa shape index (κ2) is 69.1. The van der Waals surface area contributed by atoms with Gasteiger partial charge in [0.1, 0.15) is 0 Å². The molecule has 6 heteroatoms. The number of hydrogen-bond donors (Lipinski definition) is 3. The largest absolute Gasteiger partial charge is 0.466 e. The highest BCUT2D eigenvalue weighted by molar-refractivity contribution is 5.76. The third-order valence-corrected chi connectivity index (χ3v) is 17.3. The van der Waals surface area contributed by atoms with E-state index in [1.165, 1.54) is 353 Å². The van der Waals surface area contributed by atoms with Gasteiger partial charge in [0, 0.05) is 12.8 Å². The van der Waals surface area contributed by atoms with Crippen molar-refractivity contribution in [3.05, 3.63) is 12.2 Å². The molecule has 0 aliphatic heterocycles. The number of allylic oxidation sites excluding steroid dienone is 1. The van der Waals surface area contributed by atoms with Gasteiger partial charge in [0.05, 0.1) is 25.4 Å². The van der Waals surface area contributed by atoms with E-state index in [-0.39, 0.29) is 18.5 Å².